The molecule has 0 radical (unpaired) electrons. The van der Waals surface area contributed by atoms with E-state index in [1.54, 1.807) is 0 Å². The fourth-order valence-electron chi connectivity index (χ4n) is 1.59. The first-order valence-electron chi connectivity index (χ1n) is 6.26. The molecule has 1 atom stereocenters. The molecule has 3 N–H and O–H groups in total. The van der Waals surface area contributed by atoms with E-state index in [9.17, 15) is 9.59 Å². The Hall–Kier alpha value is -1.39. The highest BCUT2D eigenvalue weighted by molar-refractivity contribution is 6.38. The van der Waals surface area contributed by atoms with E-state index in [0.717, 1.165) is 18.4 Å². The number of Topliss-reactive ketones (excluding diaryl/α,β-unsaturated/α-hetero) is 1. The molecule has 5 heteroatoms. The molecule has 1 aromatic carbocycles. The van der Waals surface area contributed by atoms with Gasteiger partial charge in [0.1, 0.15) is 0 Å². The molecule has 1 amide bonds. The zero-order chi connectivity index (χ0) is 13.4. The molecule has 0 saturated heterocycles. The van der Waals surface area contributed by atoms with Gasteiger partial charge in [0.25, 0.3) is 5.91 Å². The lowest BCUT2D eigenvalue weighted by molar-refractivity contribution is -0.138. The molecule has 1 unspecified atom stereocenters. The largest absolute Gasteiger partial charge is 0.349 e. The number of carbonyl (C=O) groups is 2. The lowest BCUT2D eigenvalue weighted by Crippen LogP contribution is -2.43. The lowest BCUT2D eigenvalue weighted by Gasteiger charge is -2.10. The molecule has 0 aromatic heterocycles. The van der Waals surface area contributed by atoms with Gasteiger partial charge in [-0.3, -0.25) is 9.59 Å². The van der Waals surface area contributed by atoms with Crippen molar-refractivity contribution in [2.24, 2.45) is 5.73 Å². The number of benzene rings is 1. The van der Waals surface area contributed by atoms with Gasteiger partial charge in [-0.15, -0.1) is 12.4 Å². The molecule has 0 saturated carbocycles. The van der Waals surface area contributed by atoms with Crippen LogP contribution in [-0.2, 0) is 16.0 Å². The molecule has 0 heterocycles. The van der Waals surface area contributed by atoms with Gasteiger partial charge in [-0.1, -0.05) is 43.7 Å². The predicted molar refractivity (Wildman–Crippen MR) is 78.3 cm³/mol. The average molecular weight is 285 g/mol. The molecule has 0 bridgehead atoms. The molecule has 19 heavy (non-hydrogen) atoms. The van der Waals surface area contributed by atoms with Crippen LogP contribution >= 0.6 is 12.4 Å². The van der Waals surface area contributed by atoms with E-state index in [-0.39, 0.29) is 12.4 Å². The highest BCUT2D eigenvalue weighted by Crippen LogP contribution is 2.02. The average Bonchev–Trinajstić information content (AvgIpc) is 2.39. The van der Waals surface area contributed by atoms with E-state index in [2.05, 4.69) is 5.32 Å². The van der Waals surface area contributed by atoms with E-state index in [1.165, 1.54) is 0 Å². The van der Waals surface area contributed by atoms with Crippen LogP contribution < -0.4 is 11.1 Å². The van der Waals surface area contributed by atoms with Crippen LogP contribution in [0.15, 0.2) is 30.3 Å². The third kappa shape index (κ3) is 6.36. The van der Waals surface area contributed by atoms with Gasteiger partial charge in [-0.05, 0) is 18.4 Å². The number of unbranched alkanes of at least 4 members (excludes halogenated alkanes) is 1. The van der Waals surface area contributed by atoms with Gasteiger partial charge in [-0.2, -0.15) is 0 Å². The standard InChI is InChI=1S/C14H20N2O2.ClH/c1-2-3-9-16-14(18)13(17)12(15)10-11-7-5-4-6-8-11;/h4-8,12H,2-3,9-10,15H2,1H3,(H,16,18);1H. The van der Waals surface area contributed by atoms with Crippen LogP contribution in [0.3, 0.4) is 0 Å². The summed E-state index contributed by atoms with van der Waals surface area (Å²) in [5.41, 5.74) is 6.70. The highest BCUT2D eigenvalue weighted by Gasteiger charge is 2.21. The Morgan fingerprint density at radius 1 is 1.26 bits per heavy atom. The van der Waals surface area contributed by atoms with Gasteiger partial charge in [0.05, 0.1) is 6.04 Å². The number of carbonyl (C=O) groups excluding carboxylic acids is 2. The number of nitrogens with one attached hydrogen (secondary N) is 1. The fourth-order valence-corrected chi connectivity index (χ4v) is 1.59. The van der Waals surface area contributed by atoms with Crippen molar-refractivity contribution >= 4 is 24.1 Å². The molecule has 4 nitrogen and oxygen atoms in total. The Labute approximate surface area is 120 Å². The van der Waals surface area contributed by atoms with Crippen LogP contribution in [0.2, 0.25) is 0 Å². The maximum atomic E-state index is 11.7. The summed E-state index contributed by atoms with van der Waals surface area (Å²) < 4.78 is 0. The highest BCUT2D eigenvalue weighted by atomic mass is 35.5. The summed E-state index contributed by atoms with van der Waals surface area (Å²) in [6.07, 6.45) is 2.23. The summed E-state index contributed by atoms with van der Waals surface area (Å²) in [5.74, 6) is -1.12. The molecule has 0 fully saturated rings. The number of ketones is 1. The Kier molecular flexibility index (Phi) is 8.83. The van der Waals surface area contributed by atoms with Gasteiger partial charge in [0.2, 0.25) is 5.78 Å². The van der Waals surface area contributed by atoms with Crippen LogP contribution in [0.25, 0.3) is 0 Å². The van der Waals surface area contributed by atoms with Crippen LogP contribution in [0, 0.1) is 0 Å². The SMILES string of the molecule is CCCCNC(=O)C(=O)C(N)Cc1ccccc1.Cl. The van der Waals surface area contributed by atoms with Crippen molar-refractivity contribution in [1.29, 1.82) is 0 Å². The van der Waals surface area contributed by atoms with Crippen molar-refractivity contribution in [2.45, 2.75) is 32.2 Å². The van der Waals surface area contributed by atoms with Crippen molar-refractivity contribution in [3.8, 4) is 0 Å². The van der Waals surface area contributed by atoms with Gasteiger partial charge >= 0.3 is 0 Å². The summed E-state index contributed by atoms with van der Waals surface area (Å²) in [5, 5.41) is 2.58. The molecule has 0 aliphatic heterocycles. The number of hydrogen-bond donors (Lipinski definition) is 2. The van der Waals surface area contributed by atoms with E-state index in [0.29, 0.717) is 13.0 Å². The van der Waals surface area contributed by atoms with Crippen molar-refractivity contribution < 1.29 is 9.59 Å². The fraction of sp³-hybridized carbons (Fsp3) is 0.429. The van der Waals surface area contributed by atoms with Gasteiger partial charge in [-0.25, -0.2) is 0 Å². The minimum Gasteiger partial charge on any atom is -0.349 e. The maximum absolute atomic E-state index is 11.7. The van der Waals surface area contributed by atoms with Crippen LogP contribution in [0.1, 0.15) is 25.3 Å². The monoisotopic (exact) mass is 284 g/mol. The summed E-state index contributed by atoms with van der Waals surface area (Å²) in [7, 11) is 0. The zero-order valence-corrected chi connectivity index (χ0v) is 11.9. The third-order valence-electron chi connectivity index (χ3n) is 2.67. The first-order valence-corrected chi connectivity index (χ1v) is 6.26. The lowest BCUT2D eigenvalue weighted by atomic mass is 10.0. The Morgan fingerprint density at radius 3 is 2.47 bits per heavy atom. The number of amides is 1. The van der Waals surface area contributed by atoms with E-state index in [4.69, 9.17) is 5.73 Å². The van der Waals surface area contributed by atoms with Crippen molar-refractivity contribution in [3.05, 3.63) is 35.9 Å². The molecule has 0 aliphatic carbocycles. The number of rotatable bonds is 7. The second-order valence-corrected chi connectivity index (χ2v) is 4.27. The Morgan fingerprint density at radius 2 is 1.89 bits per heavy atom. The van der Waals surface area contributed by atoms with E-state index < -0.39 is 17.7 Å². The van der Waals surface area contributed by atoms with Crippen molar-refractivity contribution in [1.82, 2.24) is 5.32 Å². The normalized spacial score (nSPS) is 11.3. The van der Waals surface area contributed by atoms with Crippen molar-refractivity contribution in [2.75, 3.05) is 6.54 Å². The molecule has 0 spiro atoms. The quantitative estimate of drug-likeness (QED) is 0.588. The van der Waals surface area contributed by atoms with Gasteiger partial charge in [0, 0.05) is 6.54 Å². The van der Waals surface area contributed by atoms with Crippen LogP contribution in [0.5, 0.6) is 0 Å². The van der Waals surface area contributed by atoms with Gasteiger partial charge < -0.3 is 11.1 Å². The molecule has 1 aromatic rings. The minimum absolute atomic E-state index is 0. The zero-order valence-electron chi connectivity index (χ0n) is 11.1. The van der Waals surface area contributed by atoms with Crippen LogP contribution in [0.4, 0.5) is 0 Å². The number of halogens is 1. The van der Waals surface area contributed by atoms with E-state index >= 15 is 0 Å². The molecule has 0 aliphatic rings. The number of nitrogens with two attached hydrogens (primary N) is 1. The second kappa shape index (κ2) is 9.53. The topological polar surface area (TPSA) is 72.2 Å². The second-order valence-electron chi connectivity index (χ2n) is 4.27. The molecular formula is C14H21ClN2O2. The van der Waals surface area contributed by atoms with Crippen molar-refractivity contribution in [3.63, 3.8) is 0 Å². The Bertz CT molecular complexity index is 396. The Balaban J connectivity index is 0.00000324. The van der Waals surface area contributed by atoms with Crippen LogP contribution in [-0.4, -0.2) is 24.3 Å². The summed E-state index contributed by atoms with van der Waals surface area (Å²) in [4.78, 5) is 23.2. The first-order chi connectivity index (χ1) is 8.65. The molecule has 1 rings (SSSR count). The van der Waals surface area contributed by atoms with Gasteiger partial charge in [0.15, 0.2) is 0 Å². The predicted octanol–water partition coefficient (Wildman–Crippen LogP) is 1.46. The third-order valence-corrected chi connectivity index (χ3v) is 2.67. The smallest absolute Gasteiger partial charge is 0.289 e. The number of hydrogen-bond acceptors (Lipinski definition) is 3. The first kappa shape index (κ1) is 17.6. The van der Waals surface area contributed by atoms with E-state index in [1.807, 2.05) is 37.3 Å². The summed E-state index contributed by atoms with van der Waals surface area (Å²) in [6, 6.07) is 8.68. The minimum atomic E-state index is -0.769. The summed E-state index contributed by atoms with van der Waals surface area (Å²) in [6.45, 7) is 2.55. The summed E-state index contributed by atoms with van der Waals surface area (Å²) >= 11 is 0. The molecule has 106 valence electrons. The maximum Gasteiger partial charge on any atom is 0.289 e. The molecular weight excluding hydrogens is 264 g/mol.